The first-order valence-corrected chi connectivity index (χ1v) is 11.4. The molecule has 1 saturated carbocycles. The van der Waals surface area contributed by atoms with E-state index in [1.165, 1.54) is 27.6 Å². The minimum Gasteiger partial charge on any atom is -0.461 e. The van der Waals surface area contributed by atoms with Crippen molar-refractivity contribution < 1.29 is 22.7 Å². The molecular weight excluding hydrogens is 382 g/mol. The van der Waals surface area contributed by atoms with Gasteiger partial charge in [-0.15, -0.1) is 0 Å². The molecule has 1 aliphatic carbocycles. The predicted molar refractivity (Wildman–Crippen MR) is 103 cm³/mol. The Morgan fingerprint density at radius 1 is 1.18 bits per heavy atom. The summed E-state index contributed by atoms with van der Waals surface area (Å²) in [5.74, 6) is -0.783. The first kappa shape index (κ1) is 20.9. The molecule has 28 heavy (non-hydrogen) atoms. The lowest BCUT2D eigenvalue weighted by molar-refractivity contribution is -0.125. The van der Waals surface area contributed by atoms with E-state index >= 15 is 0 Å². The van der Waals surface area contributed by atoms with Gasteiger partial charge in [-0.25, -0.2) is 13.2 Å². The first-order valence-electron chi connectivity index (χ1n) is 10.00. The van der Waals surface area contributed by atoms with Crippen LogP contribution in [0, 0.1) is 0 Å². The van der Waals surface area contributed by atoms with Gasteiger partial charge in [-0.05, 0) is 38.7 Å². The molecule has 1 N–H and O–H groups in total. The van der Waals surface area contributed by atoms with Crippen LogP contribution in [0.25, 0.3) is 0 Å². The van der Waals surface area contributed by atoms with E-state index in [2.05, 4.69) is 5.32 Å². The van der Waals surface area contributed by atoms with Crippen molar-refractivity contribution in [1.29, 1.82) is 0 Å². The van der Waals surface area contributed by atoms with E-state index in [-0.39, 0.29) is 29.1 Å². The molecule has 1 aliphatic heterocycles. The molecule has 2 fully saturated rings. The van der Waals surface area contributed by atoms with Gasteiger partial charge < -0.3 is 14.6 Å². The number of carbonyl (C=O) groups is 2. The van der Waals surface area contributed by atoms with Gasteiger partial charge >= 0.3 is 5.97 Å². The maximum absolute atomic E-state index is 13.2. The van der Waals surface area contributed by atoms with Gasteiger partial charge in [0, 0.05) is 25.8 Å². The molecule has 1 saturated heterocycles. The molecule has 0 spiro atoms. The number of sulfonamides is 1. The number of aryl methyl sites for hydroxylation is 1. The molecule has 1 amide bonds. The first-order chi connectivity index (χ1) is 13.3. The Bertz CT molecular complexity index is 827. The van der Waals surface area contributed by atoms with Crippen LogP contribution in [0.5, 0.6) is 0 Å². The molecule has 3 rings (SSSR count). The third kappa shape index (κ3) is 4.25. The zero-order valence-corrected chi connectivity index (χ0v) is 17.3. The number of nitrogens with zero attached hydrogens (tertiary/aromatic N) is 2. The van der Waals surface area contributed by atoms with E-state index < -0.39 is 22.0 Å². The van der Waals surface area contributed by atoms with E-state index in [1.807, 2.05) is 0 Å². The molecule has 0 radical (unpaired) electrons. The number of esters is 1. The molecule has 9 heteroatoms. The summed E-state index contributed by atoms with van der Waals surface area (Å²) in [4.78, 5) is 24.8. The minimum atomic E-state index is -3.88. The molecule has 156 valence electrons. The topological polar surface area (TPSA) is 97.7 Å². The molecule has 1 aromatic rings. The van der Waals surface area contributed by atoms with Crippen LogP contribution in [0.4, 0.5) is 0 Å². The molecular formula is C19H29N3O5S. The van der Waals surface area contributed by atoms with Gasteiger partial charge in [-0.2, -0.15) is 4.31 Å². The predicted octanol–water partition coefficient (Wildman–Crippen LogP) is 1.80. The summed E-state index contributed by atoms with van der Waals surface area (Å²) < 4.78 is 34.0. The number of ether oxygens (including phenoxy) is 1. The fourth-order valence-electron chi connectivity index (χ4n) is 4.05. The Morgan fingerprint density at radius 3 is 2.57 bits per heavy atom. The number of rotatable bonds is 6. The Balaban J connectivity index is 1.77. The van der Waals surface area contributed by atoms with Crippen molar-refractivity contribution in [3.63, 3.8) is 0 Å². The van der Waals surface area contributed by atoms with Gasteiger partial charge in [0.25, 0.3) is 0 Å². The smallest absolute Gasteiger partial charge is 0.354 e. The molecule has 0 unspecified atom stereocenters. The second kappa shape index (κ2) is 8.65. The Kier molecular flexibility index (Phi) is 6.44. The second-order valence-electron chi connectivity index (χ2n) is 7.51. The number of aromatic nitrogens is 1. The van der Waals surface area contributed by atoms with E-state index in [4.69, 9.17) is 4.74 Å². The van der Waals surface area contributed by atoms with E-state index in [0.29, 0.717) is 19.4 Å². The van der Waals surface area contributed by atoms with Crippen LogP contribution in [0.1, 0.15) is 62.4 Å². The molecule has 2 heterocycles. The van der Waals surface area contributed by atoms with Crippen LogP contribution < -0.4 is 5.32 Å². The zero-order valence-electron chi connectivity index (χ0n) is 16.5. The van der Waals surface area contributed by atoms with Gasteiger partial charge in [0.15, 0.2) is 0 Å². The van der Waals surface area contributed by atoms with Gasteiger partial charge in [0.1, 0.15) is 16.6 Å². The lowest BCUT2D eigenvalue weighted by atomic mass is 9.95. The number of amides is 1. The van der Waals surface area contributed by atoms with Crippen molar-refractivity contribution in [3.05, 3.63) is 18.0 Å². The summed E-state index contributed by atoms with van der Waals surface area (Å²) in [7, 11) is -2.28. The van der Waals surface area contributed by atoms with E-state index in [1.54, 1.807) is 14.0 Å². The Hall–Kier alpha value is -1.87. The highest BCUT2D eigenvalue weighted by atomic mass is 32.2. The quantitative estimate of drug-likeness (QED) is 0.720. The van der Waals surface area contributed by atoms with Gasteiger partial charge in [-0.3, -0.25) is 4.79 Å². The van der Waals surface area contributed by atoms with E-state index in [9.17, 15) is 18.0 Å². The number of hydrogen-bond donors (Lipinski definition) is 1. The lowest BCUT2D eigenvalue weighted by Gasteiger charge is -2.27. The molecule has 0 bridgehead atoms. The summed E-state index contributed by atoms with van der Waals surface area (Å²) in [5, 5.41) is 3.04. The lowest BCUT2D eigenvalue weighted by Crippen LogP contribution is -2.49. The Labute approximate surface area is 166 Å². The highest BCUT2D eigenvalue weighted by Gasteiger charge is 2.40. The fourth-order valence-corrected chi connectivity index (χ4v) is 5.78. The van der Waals surface area contributed by atoms with E-state index in [0.717, 1.165) is 25.7 Å². The second-order valence-corrected chi connectivity index (χ2v) is 9.40. The maximum atomic E-state index is 13.2. The number of nitrogens with one attached hydrogen (secondary N) is 1. The highest BCUT2D eigenvalue weighted by molar-refractivity contribution is 7.89. The van der Waals surface area contributed by atoms with Crippen LogP contribution in [-0.2, 0) is 26.6 Å². The molecule has 8 nitrogen and oxygen atoms in total. The van der Waals surface area contributed by atoms with Gasteiger partial charge in [0.2, 0.25) is 15.9 Å². The minimum absolute atomic E-state index is 0.00965. The third-order valence-corrected chi connectivity index (χ3v) is 7.40. The molecule has 1 atom stereocenters. The van der Waals surface area contributed by atoms with Crippen LogP contribution in [-0.4, -0.2) is 54.4 Å². The largest absolute Gasteiger partial charge is 0.461 e. The molecule has 2 aliphatic rings. The zero-order chi connectivity index (χ0) is 20.3. The van der Waals surface area contributed by atoms with Gasteiger partial charge in [-0.1, -0.05) is 19.3 Å². The van der Waals surface area contributed by atoms with Crippen LogP contribution in [0.15, 0.2) is 17.2 Å². The summed E-state index contributed by atoms with van der Waals surface area (Å²) >= 11 is 0. The van der Waals surface area contributed by atoms with Crippen molar-refractivity contribution in [2.45, 2.75) is 68.8 Å². The standard InChI is InChI=1S/C19H29N3O5S/c1-3-27-19(24)17-12-15(13-21(17)2)28(25,26)22-11-7-10-16(22)18(23)20-14-8-5-4-6-9-14/h12-14,16H,3-11H2,1-2H3,(H,20,23)/t16-/m0/s1. The average molecular weight is 412 g/mol. The van der Waals surface area contributed by atoms with Crippen molar-refractivity contribution in [3.8, 4) is 0 Å². The van der Waals surface area contributed by atoms with Crippen molar-refractivity contribution in [2.24, 2.45) is 7.05 Å². The maximum Gasteiger partial charge on any atom is 0.354 e. The number of carbonyl (C=O) groups excluding carboxylic acids is 2. The van der Waals surface area contributed by atoms with Crippen LogP contribution in [0.2, 0.25) is 0 Å². The van der Waals surface area contributed by atoms with Crippen molar-refractivity contribution in [1.82, 2.24) is 14.2 Å². The van der Waals surface area contributed by atoms with Crippen molar-refractivity contribution >= 4 is 21.9 Å². The van der Waals surface area contributed by atoms with Crippen molar-refractivity contribution in [2.75, 3.05) is 13.2 Å². The summed E-state index contributed by atoms with van der Waals surface area (Å²) in [6, 6.07) is 0.763. The average Bonchev–Trinajstić information content (AvgIpc) is 3.30. The van der Waals surface area contributed by atoms with Crippen LogP contribution >= 0.6 is 0 Å². The van der Waals surface area contributed by atoms with Crippen LogP contribution in [0.3, 0.4) is 0 Å². The highest BCUT2D eigenvalue weighted by Crippen LogP contribution is 2.28. The summed E-state index contributed by atoms with van der Waals surface area (Å²) in [5.41, 5.74) is 0.169. The summed E-state index contributed by atoms with van der Waals surface area (Å²) in [6.07, 6.45) is 7.83. The monoisotopic (exact) mass is 411 g/mol. The Morgan fingerprint density at radius 2 is 1.89 bits per heavy atom. The fraction of sp³-hybridized carbons (Fsp3) is 0.684. The third-order valence-electron chi connectivity index (χ3n) is 5.53. The molecule has 0 aromatic carbocycles. The summed E-state index contributed by atoms with van der Waals surface area (Å²) in [6.45, 7) is 2.20. The molecule has 1 aromatic heterocycles. The van der Waals surface area contributed by atoms with Gasteiger partial charge in [0.05, 0.1) is 6.61 Å². The number of hydrogen-bond acceptors (Lipinski definition) is 5. The normalized spacial score (nSPS) is 21.6. The SMILES string of the molecule is CCOC(=O)c1cc(S(=O)(=O)N2CCC[C@H]2C(=O)NC2CCCCC2)cn1C.